The Balaban J connectivity index is 2.08. The van der Waals surface area contributed by atoms with Crippen LogP contribution in [0, 0.1) is 0 Å². The molecule has 0 bridgehead atoms. The van der Waals surface area contributed by atoms with Crippen molar-refractivity contribution in [2.45, 2.75) is 23.7 Å². The number of carbonyl (C=O) groups is 1. The topological polar surface area (TPSA) is 119 Å². The molecule has 1 amide bonds. The van der Waals surface area contributed by atoms with Crippen LogP contribution in [0.15, 0.2) is 39.9 Å². The molecule has 0 spiro atoms. The van der Waals surface area contributed by atoms with Crippen LogP contribution in [0.3, 0.4) is 0 Å². The molecule has 0 saturated carbocycles. The molecule has 7 nitrogen and oxygen atoms in total. The first-order valence-corrected chi connectivity index (χ1v) is 10.4. The number of methoxy groups -OCH3 is 1. The summed E-state index contributed by atoms with van der Waals surface area (Å²) < 4.78 is 32.5. The lowest BCUT2D eigenvalue weighted by Crippen LogP contribution is -2.26. The van der Waals surface area contributed by atoms with Gasteiger partial charge >= 0.3 is 0 Å². The number of rotatable bonds is 10. The van der Waals surface area contributed by atoms with Crippen molar-refractivity contribution in [1.82, 2.24) is 4.72 Å². The molecule has 142 valence electrons. The number of aliphatic hydroxyl groups excluding tert-OH is 1. The van der Waals surface area contributed by atoms with E-state index >= 15 is 0 Å². The van der Waals surface area contributed by atoms with Crippen molar-refractivity contribution in [3.63, 3.8) is 0 Å². The van der Waals surface area contributed by atoms with Gasteiger partial charge in [0.1, 0.15) is 5.75 Å². The van der Waals surface area contributed by atoms with Crippen molar-refractivity contribution in [3.8, 4) is 5.75 Å². The van der Waals surface area contributed by atoms with Crippen LogP contribution < -0.4 is 15.2 Å². The summed E-state index contributed by atoms with van der Waals surface area (Å²) in [6.45, 7) is 0.245. The molecule has 1 aromatic carbocycles. The molecule has 1 aromatic heterocycles. The molecule has 2 aromatic rings. The largest absolute Gasteiger partial charge is 0.496 e. The van der Waals surface area contributed by atoms with E-state index in [0.717, 1.165) is 5.56 Å². The molecule has 0 fully saturated rings. The van der Waals surface area contributed by atoms with Crippen molar-refractivity contribution >= 4 is 27.3 Å². The Labute approximate surface area is 156 Å². The fourth-order valence-electron chi connectivity index (χ4n) is 2.64. The Morgan fingerprint density at radius 3 is 2.69 bits per heavy atom. The number of thiophene rings is 1. The molecule has 26 heavy (non-hydrogen) atoms. The molecular formula is C17H22N2O5S2. The second-order valence-corrected chi connectivity index (χ2v) is 8.23. The van der Waals surface area contributed by atoms with Crippen molar-refractivity contribution in [3.05, 3.63) is 46.2 Å². The van der Waals surface area contributed by atoms with Gasteiger partial charge in [0, 0.05) is 13.2 Å². The Morgan fingerprint density at radius 1 is 1.35 bits per heavy atom. The van der Waals surface area contributed by atoms with Gasteiger partial charge in [0.15, 0.2) is 0 Å². The highest BCUT2D eigenvalue weighted by molar-refractivity contribution is 7.89. The highest BCUT2D eigenvalue weighted by Crippen LogP contribution is 2.26. The monoisotopic (exact) mass is 398 g/mol. The van der Waals surface area contributed by atoms with Gasteiger partial charge in [-0.2, -0.15) is 11.3 Å². The Kier molecular flexibility index (Phi) is 7.15. The molecular weight excluding hydrogens is 376 g/mol. The van der Waals surface area contributed by atoms with Gasteiger partial charge in [-0.15, -0.1) is 0 Å². The number of benzene rings is 1. The number of ether oxygens (including phenoxy) is 1. The lowest BCUT2D eigenvalue weighted by atomic mass is 9.95. The van der Waals surface area contributed by atoms with Gasteiger partial charge in [-0.1, -0.05) is 0 Å². The fourth-order valence-corrected chi connectivity index (χ4v) is 4.45. The average molecular weight is 399 g/mol. The first-order valence-electron chi connectivity index (χ1n) is 7.99. The van der Waals surface area contributed by atoms with Crippen LogP contribution in [0.1, 0.15) is 34.7 Å². The maximum atomic E-state index is 12.5. The summed E-state index contributed by atoms with van der Waals surface area (Å²) in [4.78, 5) is 11.4. The van der Waals surface area contributed by atoms with Gasteiger partial charge < -0.3 is 15.6 Å². The minimum absolute atomic E-state index is 0.00630. The van der Waals surface area contributed by atoms with E-state index in [9.17, 15) is 18.3 Å². The lowest BCUT2D eigenvalue weighted by molar-refractivity contribution is 0.0997. The smallest absolute Gasteiger partial charge is 0.252 e. The van der Waals surface area contributed by atoms with E-state index in [1.807, 2.05) is 16.8 Å². The van der Waals surface area contributed by atoms with Crippen molar-refractivity contribution in [2.75, 3.05) is 20.3 Å². The summed E-state index contributed by atoms with van der Waals surface area (Å²) in [6, 6.07) is 5.93. The molecule has 9 heteroatoms. The van der Waals surface area contributed by atoms with E-state index in [4.69, 9.17) is 10.5 Å². The second kappa shape index (κ2) is 9.13. The van der Waals surface area contributed by atoms with Gasteiger partial charge in [0.05, 0.1) is 17.6 Å². The number of nitrogens with two attached hydrogens (primary N) is 1. The van der Waals surface area contributed by atoms with E-state index in [0.29, 0.717) is 12.8 Å². The third kappa shape index (κ3) is 5.04. The minimum Gasteiger partial charge on any atom is -0.496 e. The zero-order valence-electron chi connectivity index (χ0n) is 14.3. The van der Waals surface area contributed by atoms with Gasteiger partial charge in [-0.25, -0.2) is 13.1 Å². The minimum atomic E-state index is -3.79. The highest BCUT2D eigenvalue weighted by atomic mass is 32.2. The van der Waals surface area contributed by atoms with Crippen LogP contribution in [0.25, 0.3) is 0 Å². The van der Waals surface area contributed by atoms with E-state index in [2.05, 4.69) is 4.72 Å². The van der Waals surface area contributed by atoms with Gasteiger partial charge in [0.25, 0.3) is 5.91 Å². The standard InChI is InChI=1S/C17H22N2O5S2/c1-24-16-3-2-14(10-15(16)17(18)21)26(22,23)19-7-4-12(5-8-20)13-6-9-25-11-13/h2-3,6,9-12,19-20H,4-5,7-8H2,1H3,(H2,18,21). The summed E-state index contributed by atoms with van der Waals surface area (Å²) >= 11 is 1.56. The molecule has 1 heterocycles. The van der Waals surface area contributed by atoms with E-state index in [1.54, 1.807) is 11.3 Å². The van der Waals surface area contributed by atoms with Crippen LogP contribution in [0.2, 0.25) is 0 Å². The number of aliphatic hydroxyl groups is 1. The van der Waals surface area contributed by atoms with Crippen molar-refractivity contribution in [2.24, 2.45) is 5.73 Å². The summed E-state index contributed by atoms with van der Waals surface area (Å²) in [7, 11) is -2.42. The molecule has 0 aliphatic carbocycles. The zero-order valence-corrected chi connectivity index (χ0v) is 16.0. The summed E-state index contributed by atoms with van der Waals surface area (Å²) in [6.07, 6.45) is 1.11. The SMILES string of the molecule is COc1ccc(S(=O)(=O)NCCC(CCO)c2ccsc2)cc1C(N)=O. The Morgan fingerprint density at radius 2 is 2.12 bits per heavy atom. The molecule has 1 unspecified atom stereocenters. The number of amides is 1. The van der Waals surface area contributed by atoms with Crippen LogP contribution in [0.5, 0.6) is 5.75 Å². The third-order valence-electron chi connectivity index (χ3n) is 4.02. The van der Waals surface area contributed by atoms with Crippen LogP contribution in [-0.4, -0.2) is 39.7 Å². The Hall–Kier alpha value is -1.94. The number of hydrogen-bond donors (Lipinski definition) is 3. The predicted molar refractivity (Wildman–Crippen MR) is 100 cm³/mol. The third-order valence-corrected chi connectivity index (χ3v) is 6.18. The maximum absolute atomic E-state index is 12.5. The average Bonchev–Trinajstić information content (AvgIpc) is 3.14. The van der Waals surface area contributed by atoms with Crippen LogP contribution in [0.4, 0.5) is 0 Å². The number of nitrogens with one attached hydrogen (secondary N) is 1. The number of hydrogen-bond acceptors (Lipinski definition) is 6. The lowest BCUT2D eigenvalue weighted by Gasteiger charge is -2.15. The summed E-state index contributed by atoms with van der Waals surface area (Å²) in [5, 5.41) is 13.2. The summed E-state index contributed by atoms with van der Waals surface area (Å²) in [5.74, 6) is -0.470. The van der Waals surface area contributed by atoms with E-state index in [-0.39, 0.29) is 35.3 Å². The van der Waals surface area contributed by atoms with Gasteiger partial charge in [0.2, 0.25) is 10.0 Å². The zero-order chi connectivity index (χ0) is 19.2. The number of sulfonamides is 1. The molecule has 0 saturated heterocycles. The quantitative estimate of drug-likeness (QED) is 0.563. The van der Waals surface area contributed by atoms with Crippen LogP contribution >= 0.6 is 11.3 Å². The van der Waals surface area contributed by atoms with E-state index < -0.39 is 15.9 Å². The molecule has 0 radical (unpaired) electrons. The molecule has 2 rings (SSSR count). The Bertz CT molecular complexity index is 835. The first kappa shape index (κ1) is 20.4. The highest BCUT2D eigenvalue weighted by Gasteiger charge is 2.19. The summed E-state index contributed by atoms with van der Waals surface area (Å²) in [5.41, 5.74) is 6.37. The molecule has 0 aliphatic rings. The van der Waals surface area contributed by atoms with Crippen molar-refractivity contribution in [1.29, 1.82) is 0 Å². The molecule has 0 aliphatic heterocycles. The molecule has 1 atom stereocenters. The van der Waals surface area contributed by atoms with Crippen molar-refractivity contribution < 1.29 is 23.1 Å². The number of carbonyl (C=O) groups excluding carboxylic acids is 1. The fraction of sp³-hybridized carbons (Fsp3) is 0.353. The van der Waals surface area contributed by atoms with Gasteiger partial charge in [-0.3, -0.25) is 4.79 Å². The normalized spacial score (nSPS) is 12.7. The predicted octanol–water partition coefficient (Wildman–Crippen LogP) is 1.69. The van der Waals surface area contributed by atoms with Gasteiger partial charge in [-0.05, 0) is 59.3 Å². The maximum Gasteiger partial charge on any atom is 0.252 e. The molecule has 4 N–H and O–H groups in total. The van der Waals surface area contributed by atoms with E-state index in [1.165, 1.54) is 25.3 Å². The first-order chi connectivity index (χ1) is 12.4. The van der Waals surface area contributed by atoms with Crippen LogP contribution in [-0.2, 0) is 10.0 Å². The second-order valence-electron chi connectivity index (χ2n) is 5.68. The number of primary amides is 1.